The van der Waals surface area contributed by atoms with Crippen molar-refractivity contribution in [2.45, 2.75) is 31.3 Å². The molecule has 5 rings (SSSR count). The van der Waals surface area contributed by atoms with Gasteiger partial charge < -0.3 is 36.6 Å². The second-order valence-corrected chi connectivity index (χ2v) is 10.3. The number of nitrogens with two attached hydrogens (primary N) is 2. The predicted octanol–water partition coefficient (Wildman–Crippen LogP) is 0.845. The first-order valence-electron chi connectivity index (χ1n) is 11.7. The minimum Gasteiger partial charge on any atom is -0.511 e. The number of aliphatic hydroxyl groups is 2. The van der Waals surface area contributed by atoms with Gasteiger partial charge in [-0.05, 0) is 62.4 Å². The van der Waals surface area contributed by atoms with Crippen molar-refractivity contribution >= 4 is 23.2 Å². The van der Waals surface area contributed by atoms with Crippen molar-refractivity contribution in [3.05, 3.63) is 45.4 Å². The van der Waals surface area contributed by atoms with Crippen molar-refractivity contribution in [1.82, 2.24) is 4.90 Å². The number of phenols is 1. The summed E-state index contributed by atoms with van der Waals surface area (Å²) in [4.78, 5) is 42.8. The van der Waals surface area contributed by atoms with E-state index in [1.54, 1.807) is 6.07 Å². The summed E-state index contributed by atoms with van der Waals surface area (Å²) < 4.78 is 0. The Morgan fingerprint density at radius 1 is 1.17 bits per heavy atom. The summed E-state index contributed by atoms with van der Waals surface area (Å²) in [6, 6.07) is 0.621. The Hall–Kier alpha value is -3.37. The van der Waals surface area contributed by atoms with Crippen LogP contribution >= 0.6 is 0 Å². The van der Waals surface area contributed by atoms with Crippen LogP contribution in [0.4, 0.5) is 5.69 Å². The van der Waals surface area contributed by atoms with E-state index in [1.165, 1.54) is 0 Å². The number of anilines is 1. The number of primary amides is 1. The molecule has 186 valence electrons. The predicted molar refractivity (Wildman–Crippen MR) is 127 cm³/mol. The Morgan fingerprint density at radius 3 is 2.49 bits per heavy atom. The summed E-state index contributed by atoms with van der Waals surface area (Å²) in [5.74, 6) is -6.11. The maximum Gasteiger partial charge on any atom is 0.255 e. The summed E-state index contributed by atoms with van der Waals surface area (Å²) in [6.07, 6.45) is 1.48. The molecule has 10 heteroatoms. The highest BCUT2D eigenvalue weighted by Crippen LogP contribution is 2.52. The minimum atomic E-state index is -1.25. The van der Waals surface area contributed by atoms with Crippen LogP contribution in [0.1, 0.15) is 40.4 Å². The zero-order chi connectivity index (χ0) is 25.5. The lowest BCUT2D eigenvalue weighted by Crippen LogP contribution is -2.52. The van der Waals surface area contributed by atoms with Gasteiger partial charge in [0.15, 0.2) is 11.6 Å². The number of ketones is 2. The van der Waals surface area contributed by atoms with Crippen molar-refractivity contribution in [1.29, 1.82) is 0 Å². The van der Waals surface area contributed by atoms with Gasteiger partial charge in [-0.3, -0.25) is 14.4 Å². The van der Waals surface area contributed by atoms with Crippen LogP contribution in [0.2, 0.25) is 0 Å². The Kier molecular flexibility index (Phi) is 5.22. The molecule has 0 saturated heterocycles. The van der Waals surface area contributed by atoms with Crippen molar-refractivity contribution in [3.63, 3.8) is 0 Å². The van der Waals surface area contributed by atoms with Crippen molar-refractivity contribution in [2.75, 3.05) is 32.6 Å². The van der Waals surface area contributed by atoms with Crippen LogP contribution in [0.15, 0.2) is 28.7 Å². The molecular weight excluding hydrogens is 452 g/mol. The molecule has 0 radical (unpaired) electrons. The number of phenolic OH excluding ortho intramolecular Hbond substituents is 1. The molecule has 5 atom stereocenters. The number of benzene rings is 1. The number of nitrogens with zero attached hydrogens (tertiary/aromatic N) is 2. The summed E-state index contributed by atoms with van der Waals surface area (Å²) in [6.45, 7) is 0.776. The molecule has 7 N–H and O–H groups in total. The molecule has 4 aliphatic rings. The average Bonchev–Trinajstić information content (AvgIpc) is 2.76. The Balaban J connectivity index is 1.68. The minimum absolute atomic E-state index is 0.0578. The number of aromatic hydroxyl groups is 1. The first-order chi connectivity index (χ1) is 16.5. The van der Waals surface area contributed by atoms with E-state index in [1.807, 2.05) is 21.1 Å². The topological polar surface area (TPSA) is 170 Å². The highest BCUT2D eigenvalue weighted by molar-refractivity contribution is 6.22. The number of hydrogen-bond donors (Lipinski definition) is 5. The monoisotopic (exact) mass is 482 g/mol. The number of rotatable bonds is 2. The zero-order valence-electron chi connectivity index (χ0n) is 19.9. The summed E-state index contributed by atoms with van der Waals surface area (Å²) in [7, 11) is 5.91. The van der Waals surface area contributed by atoms with Crippen LogP contribution in [0.5, 0.6) is 5.75 Å². The van der Waals surface area contributed by atoms with Crippen molar-refractivity contribution < 1.29 is 29.7 Å². The van der Waals surface area contributed by atoms with Crippen LogP contribution in [0.25, 0.3) is 0 Å². The number of fused-ring (bicyclic) bond motifs is 5. The number of hydrogen-bond acceptors (Lipinski definition) is 9. The number of allylic oxidation sites excluding steroid dienone is 2. The second kappa shape index (κ2) is 7.82. The van der Waals surface area contributed by atoms with Gasteiger partial charge in [0.05, 0.1) is 17.5 Å². The van der Waals surface area contributed by atoms with Crippen LogP contribution in [0.3, 0.4) is 0 Å². The third-order valence-corrected chi connectivity index (χ3v) is 8.21. The van der Waals surface area contributed by atoms with Gasteiger partial charge in [0.1, 0.15) is 22.8 Å². The molecule has 0 saturated carbocycles. The highest BCUT2D eigenvalue weighted by Gasteiger charge is 2.53. The maximum absolute atomic E-state index is 13.7. The molecule has 3 aliphatic carbocycles. The third kappa shape index (κ3) is 3.13. The maximum atomic E-state index is 13.7. The van der Waals surface area contributed by atoms with Crippen LogP contribution in [-0.4, -0.2) is 71.4 Å². The van der Waals surface area contributed by atoms with E-state index < -0.39 is 58.4 Å². The lowest BCUT2D eigenvalue weighted by molar-refractivity contribution is -0.126. The van der Waals surface area contributed by atoms with Gasteiger partial charge in [-0.25, -0.2) is 0 Å². The number of carbonyl (C=O) groups is 3. The molecule has 0 aromatic heterocycles. The van der Waals surface area contributed by atoms with Gasteiger partial charge in [0.2, 0.25) is 0 Å². The number of aliphatic hydroxyl groups excluding tert-OH is 2. The molecule has 1 amide bonds. The van der Waals surface area contributed by atoms with E-state index in [2.05, 4.69) is 9.80 Å². The summed E-state index contributed by atoms with van der Waals surface area (Å²) >= 11 is 0. The normalized spacial score (nSPS) is 30.2. The van der Waals surface area contributed by atoms with E-state index in [-0.39, 0.29) is 29.3 Å². The van der Waals surface area contributed by atoms with Crippen molar-refractivity contribution in [3.8, 4) is 5.75 Å². The Labute approximate surface area is 202 Å². The number of amides is 1. The molecule has 1 aromatic carbocycles. The van der Waals surface area contributed by atoms with E-state index in [0.717, 1.165) is 24.2 Å². The molecule has 0 fully saturated rings. The SMILES string of the molecule is CN1CCC(N(C)C)c2cc(O)c3c(c21)CC1CC2C(C(=O)C(C(N)=O)=C(O)[C@H]2N)C(O)=C1C3=O. The second-order valence-electron chi connectivity index (χ2n) is 10.3. The Morgan fingerprint density at radius 2 is 1.86 bits per heavy atom. The molecule has 0 bridgehead atoms. The summed E-state index contributed by atoms with van der Waals surface area (Å²) in [5, 5.41) is 32.6. The molecule has 10 nitrogen and oxygen atoms in total. The van der Waals surface area contributed by atoms with E-state index in [0.29, 0.717) is 12.0 Å². The lowest BCUT2D eigenvalue weighted by Gasteiger charge is -2.45. The third-order valence-electron chi connectivity index (χ3n) is 8.21. The summed E-state index contributed by atoms with van der Waals surface area (Å²) in [5.41, 5.74) is 13.6. The molecule has 1 heterocycles. The van der Waals surface area contributed by atoms with Crippen LogP contribution in [0, 0.1) is 17.8 Å². The van der Waals surface area contributed by atoms with Gasteiger partial charge in [0.25, 0.3) is 5.91 Å². The van der Waals surface area contributed by atoms with Crippen molar-refractivity contribution in [2.24, 2.45) is 29.2 Å². The van der Waals surface area contributed by atoms with E-state index in [4.69, 9.17) is 11.5 Å². The average molecular weight is 483 g/mol. The molecule has 4 unspecified atom stereocenters. The van der Waals surface area contributed by atoms with Gasteiger partial charge in [-0.2, -0.15) is 0 Å². The molecule has 1 aromatic rings. The standard InChI is InChI=1S/C25H30N4O6/c1-28(2)13-4-5-29(3)20-10(13)8-14(30)16-12(20)7-9-6-11-17(22(32)15(9)21(16)31)23(33)18(25(27)35)24(34)19(11)26/h8-9,11,13,17,19,30,32,34H,4-7,26H2,1-3H3,(H2,27,35)/t9?,11?,13?,17?,19-/m0/s1. The first kappa shape index (κ1) is 23.4. The zero-order valence-corrected chi connectivity index (χ0v) is 19.9. The molecule has 0 spiro atoms. The smallest absolute Gasteiger partial charge is 0.255 e. The van der Waals surface area contributed by atoms with E-state index >= 15 is 0 Å². The van der Waals surface area contributed by atoms with Gasteiger partial charge >= 0.3 is 0 Å². The van der Waals surface area contributed by atoms with Crippen LogP contribution in [-0.2, 0) is 16.0 Å². The number of carbonyl (C=O) groups excluding carboxylic acids is 3. The molecule has 35 heavy (non-hydrogen) atoms. The number of Topliss-reactive ketones (excluding diaryl/α,β-unsaturated/α-hetero) is 2. The quantitative estimate of drug-likeness (QED) is 0.383. The molecule has 1 aliphatic heterocycles. The Bertz CT molecular complexity index is 1250. The fourth-order valence-corrected chi connectivity index (χ4v) is 6.61. The first-order valence-corrected chi connectivity index (χ1v) is 11.7. The fourth-order valence-electron chi connectivity index (χ4n) is 6.61. The van der Waals surface area contributed by atoms with Gasteiger partial charge in [-0.1, -0.05) is 0 Å². The van der Waals surface area contributed by atoms with Crippen LogP contribution < -0.4 is 16.4 Å². The van der Waals surface area contributed by atoms with E-state index in [9.17, 15) is 29.7 Å². The largest absolute Gasteiger partial charge is 0.511 e. The fraction of sp³-hybridized carbons (Fsp3) is 0.480. The molecular formula is C25H30N4O6. The van der Waals surface area contributed by atoms with Gasteiger partial charge in [0, 0.05) is 30.9 Å². The lowest BCUT2D eigenvalue weighted by atomic mass is 9.61. The van der Waals surface area contributed by atoms with Gasteiger partial charge in [-0.15, -0.1) is 0 Å². The highest BCUT2D eigenvalue weighted by atomic mass is 16.3.